The van der Waals surface area contributed by atoms with Crippen LogP contribution in [0, 0.1) is 0 Å². The van der Waals surface area contributed by atoms with Crippen LogP contribution in [0.4, 0.5) is 0 Å². The van der Waals surface area contributed by atoms with Gasteiger partial charge in [0.25, 0.3) is 0 Å². The van der Waals surface area contributed by atoms with Gasteiger partial charge in [0.15, 0.2) is 11.6 Å². The number of carbonyl (C=O) groups is 2. The fraction of sp³-hybridized carbons (Fsp3) is 0.0476. The largest absolute Gasteiger partial charge is 0.507 e. The van der Waals surface area contributed by atoms with Gasteiger partial charge in [0.1, 0.15) is 18.1 Å². The highest BCUT2D eigenvalue weighted by Gasteiger charge is 2.34. The lowest BCUT2D eigenvalue weighted by Crippen LogP contribution is -2.22. The standard InChI is InChI=1S/C21H14O4/c22-16-10-11-17(25-12-13-6-2-1-3-7-13)19-18(16)20(23)14-8-4-5-9-15(14)21(19)24/h1-11,22H,12H2. The van der Waals surface area contributed by atoms with E-state index in [1.807, 2.05) is 30.3 Å². The number of ether oxygens (including phenoxy) is 1. The number of phenolic OH excluding ortho intramolecular Hbond substituents is 1. The van der Waals surface area contributed by atoms with Crippen molar-refractivity contribution in [2.24, 2.45) is 0 Å². The van der Waals surface area contributed by atoms with Gasteiger partial charge in [-0.2, -0.15) is 0 Å². The van der Waals surface area contributed by atoms with E-state index in [-0.39, 0.29) is 35.0 Å². The molecule has 0 saturated heterocycles. The Kier molecular flexibility index (Phi) is 3.58. The molecule has 0 saturated carbocycles. The van der Waals surface area contributed by atoms with Crippen LogP contribution < -0.4 is 4.74 Å². The lowest BCUT2D eigenvalue weighted by Gasteiger charge is -2.21. The van der Waals surface area contributed by atoms with E-state index in [1.165, 1.54) is 12.1 Å². The molecule has 4 heteroatoms. The van der Waals surface area contributed by atoms with Crippen molar-refractivity contribution >= 4 is 11.6 Å². The zero-order valence-corrected chi connectivity index (χ0v) is 13.2. The number of ketones is 2. The van der Waals surface area contributed by atoms with Gasteiger partial charge in [-0.1, -0.05) is 54.6 Å². The van der Waals surface area contributed by atoms with Crippen LogP contribution >= 0.6 is 0 Å². The predicted molar refractivity (Wildman–Crippen MR) is 92.2 cm³/mol. The summed E-state index contributed by atoms with van der Waals surface area (Å²) < 4.78 is 5.80. The monoisotopic (exact) mass is 330 g/mol. The minimum Gasteiger partial charge on any atom is -0.507 e. The maximum Gasteiger partial charge on any atom is 0.198 e. The van der Waals surface area contributed by atoms with Gasteiger partial charge in [-0.15, -0.1) is 0 Å². The number of carbonyl (C=O) groups excluding carboxylic acids is 2. The van der Waals surface area contributed by atoms with Crippen LogP contribution in [0.1, 0.15) is 37.4 Å². The first-order valence-corrected chi connectivity index (χ1v) is 7.88. The quantitative estimate of drug-likeness (QED) is 0.621. The van der Waals surface area contributed by atoms with Crippen molar-refractivity contribution in [2.75, 3.05) is 0 Å². The summed E-state index contributed by atoms with van der Waals surface area (Å²) in [7, 11) is 0. The first kappa shape index (κ1) is 15.1. The van der Waals surface area contributed by atoms with Crippen molar-refractivity contribution in [1.29, 1.82) is 0 Å². The SMILES string of the molecule is O=C1c2ccccc2C(=O)c2c(OCc3ccccc3)ccc(O)c21. The molecule has 0 bridgehead atoms. The third-order valence-corrected chi connectivity index (χ3v) is 4.25. The highest BCUT2D eigenvalue weighted by molar-refractivity contribution is 6.30. The van der Waals surface area contributed by atoms with Gasteiger partial charge in [-0.25, -0.2) is 0 Å². The molecule has 1 aliphatic rings. The molecule has 0 aromatic heterocycles. The third kappa shape index (κ3) is 2.48. The Morgan fingerprint density at radius 3 is 2.00 bits per heavy atom. The number of aromatic hydroxyl groups is 1. The van der Waals surface area contributed by atoms with Crippen LogP contribution in [0.15, 0.2) is 66.7 Å². The van der Waals surface area contributed by atoms with Crippen molar-refractivity contribution in [3.8, 4) is 11.5 Å². The van der Waals surface area contributed by atoms with Crippen LogP contribution in [0.25, 0.3) is 0 Å². The fourth-order valence-corrected chi connectivity index (χ4v) is 3.03. The van der Waals surface area contributed by atoms with Crippen molar-refractivity contribution in [2.45, 2.75) is 6.61 Å². The molecule has 3 aromatic carbocycles. The molecular weight excluding hydrogens is 316 g/mol. The molecule has 0 spiro atoms. The summed E-state index contributed by atoms with van der Waals surface area (Å²) in [5, 5.41) is 10.2. The molecule has 0 unspecified atom stereocenters. The van der Waals surface area contributed by atoms with Gasteiger partial charge in [-0.05, 0) is 17.7 Å². The van der Waals surface area contributed by atoms with Crippen molar-refractivity contribution in [3.63, 3.8) is 0 Å². The topological polar surface area (TPSA) is 63.6 Å². The van der Waals surface area contributed by atoms with Crippen LogP contribution in [-0.4, -0.2) is 16.7 Å². The molecule has 4 rings (SSSR count). The van der Waals surface area contributed by atoms with E-state index < -0.39 is 0 Å². The molecule has 0 radical (unpaired) electrons. The van der Waals surface area contributed by atoms with E-state index >= 15 is 0 Å². The second-order valence-corrected chi connectivity index (χ2v) is 5.81. The number of fused-ring (bicyclic) bond motifs is 2. The molecule has 25 heavy (non-hydrogen) atoms. The predicted octanol–water partition coefficient (Wildman–Crippen LogP) is 3.75. The van der Waals surface area contributed by atoms with E-state index in [2.05, 4.69) is 0 Å². The lowest BCUT2D eigenvalue weighted by molar-refractivity contribution is 0.0972. The summed E-state index contributed by atoms with van der Waals surface area (Å²) in [6.07, 6.45) is 0. The maximum atomic E-state index is 12.9. The number of phenols is 1. The molecule has 1 aliphatic carbocycles. The highest BCUT2D eigenvalue weighted by atomic mass is 16.5. The summed E-state index contributed by atoms with van der Waals surface area (Å²) in [4.78, 5) is 25.6. The minimum absolute atomic E-state index is 0.00858. The van der Waals surface area contributed by atoms with Crippen molar-refractivity contribution < 1.29 is 19.4 Å². The van der Waals surface area contributed by atoms with Gasteiger partial charge in [0, 0.05) is 11.1 Å². The fourth-order valence-electron chi connectivity index (χ4n) is 3.03. The first-order chi connectivity index (χ1) is 12.2. The van der Waals surface area contributed by atoms with Crippen molar-refractivity contribution in [3.05, 3.63) is 94.5 Å². The normalized spacial score (nSPS) is 12.5. The second kappa shape index (κ2) is 5.91. The molecular formula is C21H14O4. The van der Waals surface area contributed by atoms with Crippen LogP contribution in [0.5, 0.6) is 11.5 Å². The number of benzene rings is 3. The Bertz CT molecular complexity index is 990. The minimum atomic E-state index is -0.368. The number of hydrogen-bond donors (Lipinski definition) is 1. The first-order valence-electron chi connectivity index (χ1n) is 7.88. The van der Waals surface area contributed by atoms with E-state index in [1.54, 1.807) is 24.3 Å². The van der Waals surface area contributed by atoms with E-state index in [0.29, 0.717) is 16.9 Å². The van der Waals surface area contributed by atoms with Gasteiger partial charge in [-0.3, -0.25) is 9.59 Å². The molecule has 122 valence electrons. The van der Waals surface area contributed by atoms with E-state index in [0.717, 1.165) is 5.56 Å². The summed E-state index contributed by atoms with van der Waals surface area (Å²) >= 11 is 0. The van der Waals surface area contributed by atoms with Crippen molar-refractivity contribution in [1.82, 2.24) is 0 Å². The Balaban J connectivity index is 1.79. The highest BCUT2D eigenvalue weighted by Crippen LogP contribution is 2.38. The average molecular weight is 330 g/mol. The summed E-state index contributed by atoms with van der Waals surface area (Å²) in [6, 6.07) is 19.1. The zero-order valence-electron chi connectivity index (χ0n) is 13.2. The molecule has 0 fully saturated rings. The second-order valence-electron chi connectivity index (χ2n) is 5.81. The Labute approximate surface area is 144 Å². The summed E-state index contributed by atoms with van der Waals surface area (Å²) in [5.41, 5.74) is 1.71. The average Bonchev–Trinajstić information content (AvgIpc) is 2.66. The number of hydrogen-bond acceptors (Lipinski definition) is 4. The molecule has 0 heterocycles. The molecule has 0 aliphatic heterocycles. The number of rotatable bonds is 3. The molecule has 1 N–H and O–H groups in total. The van der Waals surface area contributed by atoms with E-state index in [4.69, 9.17) is 4.74 Å². The summed E-state index contributed by atoms with van der Waals surface area (Å²) in [6.45, 7) is 0.265. The molecule has 4 nitrogen and oxygen atoms in total. The Morgan fingerprint density at radius 1 is 0.720 bits per heavy atom. The van der Waals surface area contributed by atoms with Gasteiger partial charge in [0.2, 0.25) is 0 Å². The molecule has 0 atom stereocenters. The van der Waals surface area contributed by atoms with Crippen LogP contribution in [-0.2, 0) is 6.61 Å². The third-order valence-electron chi connectivity index (χ3n) is 4.25. The Morgan fingerprint density at radius 2 is 1.32 bits per heavy atom. The molecule has 0 amide bonds. The van der Waals surface area contributed by atoms with E-state index in [9.17, 15) is 14.7 Å². The maximum absolute atomic E-state index is 12.9. The van der Waals surface area contributed by atoms with Gasteiger partial charge < -0.3 is 9.84 Å². The van der Waals surface area contributed by atoms with Crippen LogP contribution in [0.2, 0.25) is 0 Å². The smallest absolute Gasteiger partial charge is 0.198 e. The van der Waals surface area contributed by atoms with Gasteiger partial charge >= 0.3 is 0 Å². The zero-order chi connectivity index (χ0) is 17.4. The lowest BCUT2D eigenvalue weighted by atomic mass is 9.83. The Hall–Kier alpha value is -3.40. The van der Waals surface area contributed by atoms with Crippen LogP contribution in [0.3, 0.4) is 0 Å². The summed E-state index contributed by atoms with van der Waals surface area (Å²) in [5.74, 6) is -0.601. The van der Waals surface area contributed by atoms with Gasteiger partial charge in [0.05, 0.1) is 11.1 Å². The molecule has 3 aromatic rings.